The normalized spacial score (nSPS) is 10.8. The van der Waals surface area contributed by atoms with E-state index in [1.807, 2.05) is 0 Å². The lowest BCUT2D eigenvalue weighted by molar-refractivity contribution is 0.581. The van der Waals surface area contributed by atoms with Gasteiger partial charge < -0.3 is 10.2 Å². The molecule has 1 aromatic rings. The van der Waals surface area contributed by atoms with Gasteiger partial charge in [0.1, 0.15) is 11.6 Å². The summed E-state index contributed by atoms with van der Waals surface area (Å²) in [6.45, 7) is 8.97. The van der Waals surface area contributed by atoms with E-state index >= 15 is 0 Å². The third-order valence-electron chi connectivity index (χ3n) is 2.35. The van der Waals surface area contributed by atoms with E-state index in [0.29, 0.717) is 6.04 Å². The average Bonchev–Trinajstić information content (AvgIpc) is 2.26. The Morgan fingerprint density at radius 3 is 2.69 bits per heavy atom. The van der Waals surface area contributed by atoms with Gasteiger partial charge in [-0.3, -0.25) is 0 Å². The molecule has 0 aliphatic carbocycles. The summed E-state index contributed by atoms with van der Waals surface area (Å²) in [5.41, 5.74) is 0. The first-order valence-electron chi connectivity index (χ1n) is 5.73. The van der Waals surface area contributed by atoms with Gasteiger partial charge in [0.15, 0.2) is 0 Å². The van der Waals surface area contributed by atoms with Crippen LogP contribution in [0.2, 0.25) is 0 Å². The highest BCUT2D eigenvalue weighted by Gasteiger charge is 2.05. The summed E-state index contributed by atoms with van der Waals surface area (Å²) >= 11 is 0. The summed E-state index contributed by atoms with van der Waals surface area (Å²) in [5, 5.41) is 3.35. The number of nitrogens with zero attached hydrogens (tertiary/aromatic N) is 2. The Hall–Kier alpha value is -1.16. The van der Waals surface area contributed by atoms with Crippen molar-refractivity contribution in [2.75, 3.05) is 24.5 Å². The van der Waals surface area contributed by atoms with Gasteiger partial charge in [-0.15, -0.1) is 0 Å². The molecule has 0 amide bonds. The molecule has 0 aliphatic heterocycles. The van der Waals surface area contributed by atoms with Crippen molar-refractivity contribution in [1.29, 1.82) is 0 Å². The SMILES string of the molecule is CCN(CCNC(C)C)c1ccc(F)cn1. The van der Waals surface area contributed by atoms with Gasteiger partial charge in [0.2, 0.25) is 0 Å². The van der Waals surface area contributed by atoms with E-state index in [0.717, 1.165) is 25.5 Å². The molecule has 1 aromatic heterocycles. The molecule has 0 bridgehead atoms. The van der Waals surface area contributed by atoms with Crippen molar-refractivity contribution in [3.63, 3.8) is 0 Å². The fraction of sp³-hybridized carbons (Fsp3) is 0.583. The van der Waals surface area contributed by atoms with Crippen LogP contribution in [0.1, 0.15) is 20.8 Å². The van der Waals surface area contributed by atoms with E-state index in [9.17, 15) is 4.39 Å². The van der Waals surface area contributed by atoms with Gasteiger partial charge in [-0.2, -0.15) is 0 Å². The first kappa shape index (κ1) is 12.9. The molecule has 0 aliphatic rings. The third-order valence-corrected chi connectivity index (χ3v) is 2.35. The number of nitrogens with one attached hydrogen (secondary N) is 1. The van der Waals surface area contributed by atoms with E-state index in [-0.39, 0.29) is 5.82 Å². The molecule has 0 saturated heterocycles. The summed E-state index contributed by atoms with van der Waals surface area (Å²) in [7, 11) is 0. The van der Waals surface area contributed by atoms with Crippen molar-refractivity contribution in [2.45, 2.75) is 26.8 Å². The molecular formula is C12H20FN3. The van der Waals surface area contributed by atoms with E-state index in [4.69, 9.17) is 0 Å². The molecule has 0 unspecified atom stereocenters. The number of aromatic nitrogens is 1. The number of rotatable bonds is 6. The van der Waals surface area contributed by atoms with Crippen LogP contribution in [0.15, 0.2) is 18.3 Å². The molecule has 3 nitrogen and oxygen atoms in total. The second-order valence-electron chi connectivity index (χ2n) is 4.02. The molecule has 1 N–H and O–H groups in total. The number of halogens is 1. The van der Waals surface area contributed by atoms with Crippen molar-refractivity contribution in [3.05, 3.63) is 24.1 Å². The van der Waals surface area contributed by atoms with Gasteiger partial charge in [0, 0.05) is 25.7 Å². The zero-order chi connectivity index (χ0) is 12.0. The molecule has 0 radical (unpaired) electrons. The molecule has 4 heteroatoms. The number of likely N-dealkylation sites (N-methyl/N-ethyl adjacent to an activating group) is 1. The van der Waals surface area contributed by atoms with Crippen molar-refractivity contribution >= 4 is 5.82 Å². The quantitative estimate of drug-likeness (QED) is 0.803. The van der Waals surface area contributed by atoms with Crippen molar-refractivity contribution in [3.8, 4) is 0 Å². The molecule has 1 heterocycles. The van der Waals surface area contributed by atoms with Crippen LogP contribution in [0.5, 0.6) is 0 Å². The lowest BCUT2D eigenvalue weighted by atomic mass is 10.3. The maximum absolute atomic E-state index is 12.7. The number of pyridine rings is 1. The Morgan fingerprint density at radius 2 is 2.19 bits per heavy atom. The van der Waals surface area contributed by atoms with Crippen LogP contribution >= 0.6 is 0 Å². The number of anilines is 1. The standard InChI is InChI=1S/C12H20FN3/c1-4-16(8-7-14-10(2)3)12-6-5-11(13)9-15-12/h5-6,9-10,14H,4,7-8H2,1-3H3. The second-order valence-corrected chi connectivity index (χ2v) is 4.02. The van der Waals surface area contributed by atoms with Gasteiger partial charge in [0.25, 0.3) is 0 Å². The van der Waals surface area contributed by atoms with E-state index in [1.165, 1.54) is 12.3 Å². The third kappa shape index (κ3) is 4.14. The Kier molecular flexibility index (Phi) is 5.19. The molecule has 1 rings (SSSR count). The molecule has 0 saturated carbocycles. The fourth-order valence-corrected chi connectivity index (χ4v) is 1.48. The van der Waals surface area contributed by atoms with Crippen LogP contribution in [-0.4, -0.2) is 30.7 Å². The lowest BCUT2D eigenvalue weighted by Crippen LogP contribution is -2.35. The largest absolute Gasteiger partial charge is 0.356 e. The molecule has 0 aromatic carbocycles. The maximum atomic E-state index is 12.7. The molecule has 16 heavy (non-hydrogen) atoms. The number of hydrogen-bond acceptors (Lipinski definition) is 3. The Bertz CT molecular complexity index is 298. The zero-order valence-electron chi connectivity index (χ0n) is 10.2. The Morgan fingerprint density at radius 1 is 1.44 bits per heavy atom. The molecule has 0 fully saturated rings. The summed E-state index contributed by atoms with van der Waals surface area (Å²) in [4.78, 5) is 6.19. The summed E-state index contributed by atoms with van der Waals surface area (Å²) in [5.74, 6) is 0.537. The maximum Gasteiger partial charge on any atom is 0.141 e. The first-order valence-corrected chi connectivity index (χ1v) is 5.73. The van der Waals surface area contributed by atoms with Crippen LogP contribution in [-0.2, 0) is 0 Å². The minimum atomic E-state index is -0.292. The predicted molar refractivity (Wildman–Crippen MR) is 65.2 cm³/mol. The lowest BCUT2D eigenvalue weighted by Gasteiger charge is -2.22. The zero-order valence-corrected chi connectivity index (χ0v) is 10.2. The van der Waals surface area contributed by atoms with Crippen LogP contribution in [0, 0.1) is 5.82 Å². The van der Waals surface area contributed by atoms with Gasteiger partial charge in [0.05, 0.1) is 6.20 Å². The topological polar surface area (TPSA) is 28.2 Å². The molecular weight excluding hydrogens is 205 g/mol. The monoisotopic (exact) mass is 225 g/mol. The van der Waals surface area contributed by atoms with Crippen LogP contribution in [0.4, 0.5) is 10.2 Å². The molecule has 0 atom stereocenters. The van der Waals surface area contributed by atoms with Crippen molar-refractivity contribution < 1.29 is 4.39 Å². The van der Waals surface area contributed by atoms with Gasteiger partial charge in [-0.1, -0.05) is 13.8 Å². The van der Waals surface area contributed by atoms with E-state index in [1.54, 1.807) is 6.07 Å². The average molecular weight is 225 g/mol. The first-order chi connectivity index (χ1) is 7.63. The summed E-state index contributed by atoms with van der Waals surface area (Å²) in [6.07, 6.45) is 1.26. The van der Waals surface area contributed by atoms with Gasteiger partial charge >= 0.3 is 0 Å². The minimum absolute atomic E-state index is 0.292. The fourth-order valence-electron chi connectivity index (χ4n) is 1.48. The highest BCUT2D eigenvalue weighted by atomic mass is 19.1. The van der Waals surface area contributed by atoms with Crippen LogP contribution in [0.3, 0.4) is 0 Å². The minimum Gasteiger partial charge on any atom is -0.356 e. The van der Waals surface area contributed by atoms with Crippen molar-refractivity contribution in [2.24, 2.45) is 0 Å². The molecule has 0 spiro atoms. The van der Waals surface area contributed by atoms with Crippen LogP contribution in [0.25, 0.3) is 0 Å². The highest BCUT2D eigenvalue weighted by Crippen LogP contribution is 2.09. The highest BCUT2D eigenvalue weighted by molar-refractivity contribution is 5.37. The van der Waals surface area contributed by atoms with E-state index in [2.05, 4.69) is 36.0 Å². The van der Waals surface area contributed by atoms with Gasteiger partial charge in [-0.25, -0.2) is 9.37 Å². The molecule has 90 valence electrons. The smallest absolute Gasteiger partial charge is 0.141 e. The van der Waals surface area contributed by atoms with Gasteiger partial charge in [-0.05, 0) is 19.1 Å². The van der Waals surface area contributed by atoms with Crippen molar-refractivity contribution in [1.82, 2.24) is 10.3 Å². The Balaban J connectivity index is 2.50. The summed E-state index contributed by atoms with van der Waals surface area (Å²) in [6, 6.07) is 3.65. The van der Waals surface area contributed by atoms with Crippen LogP contribution < -0.4 is 10.2 Å². The Labute approximate surface area is 96.7 Å². The second kappa shape index (κ2) is 6.43. The number of hydrogen-bond donors (Lipinski definition) is 1. The predicted octanol–water partition coefficient (Wildman–Crippen LogP) is 2.04. The summed E-state index contributed by atoms with van der Waals surface area (Å²) < 4.78 is 12.7. The van der Waals surface area contributed by atoms with E-state index < -0.39 is 0 Å².